The molecule has 2 rings (SSSR count). The molecule has 1 heterocycles. The van der Waals surface area contributed by atoms with Gasteiger partial charge in [0.05, 0.1) is 0 Å². The molecule has 0 aromatic rings. The molecule has 106 valence electrons. The van der Waals surface area contributed by atoms with Gasteiger partial charge in [0.1, 0.15) is 0 Å². The van der Waals surface area contributed by atoms with Crippen molar-refractivity contribution in [2.24, 2.45) is 11.3 Å². The average Bonchev–Trinajstić information content (AvgIpc) is 2.57. The summed E-state index contributed by atoms with van der Waals surface area (Å²) in [6.07, 6.45) is 2.79. The van der Waals surface area contributed by atoms with Gasteiger partial charge in [-0.05, 0) is 30.7 Å². The number of thioether (sulfide) groups is 1. The van der Waals surface area contributed by atoms with Crippen molar-refractivity contribution in [3.63, 3.8) is 0 Å². The summed E-state index contributed by atoms with van der Waals surface area (Å²) in [4.78, 5) is 2.71. The Balaban J connectivity index is 1.91. The van der Waals surface area contributed by atoms with E-state index in [4.69, 9.17) is 0 Å². The van der Waals surface area contributed by atoms with Crippen LogP contribution in [-0.2, 0) is 0 Å². The lowest BCUT2D eigenvalue weighted by molar-refractivity contribution is 0.189. The number of nitrogens with zero attached hydrogens (tertiary/aromatic N) is 1. The number of rotatable bonds is 4. The Bertz CT molecular complexity index is 267. The van der Waals surface area contributed by atoms with E-state index in [1.165, 1.54) is 38.2 Å². The van der Waals surface area contributed by atoms with Gasteiger partial charge in [-0.1, -0.05) is 27.7 Å². The Morgan fingerprint density at radius 3 is 2.83 bits per heavy atom. The molecule has 3 atom stereocenters. The Kier molecular flexibility index (Phi) is 5.01. The maximum atomic E-state index is 3.75. The molecule has 3 heteroatoms. The van der Waals surface area contributed by atoms with Gasteiger partial charge in [0.15, 0.2) is 0 Å². The van der Waals surface area contributed by atoms with Crippen LogP contribution in [0.3, 0.4) is 0 Å². The first-order chi connectivity index (χ1) is 8.53. The molecule has 0 amide bonds. The van der Waals surface area contributed by atoms with Gasteiger partial charge < -0.3 is 10.2 Å². The van der Waals surface area contributed by atoms with E-state index in [0.29, 0.717) is 11.5 Å². The topological polar surface area (TPSA) is 15.3 Å². The zero-order valence-electron chi connectivity index (χ0n) is 12.5. The Labute approximate surface area is 117 Å². The van der Waals surface area contributed by atoms with Gasteiger partial charge in [-0.25, -0.2) is 0 Å². The molecule has 0 aromatic heterocycles. The predicted octanol–water partition coefficient (Wildman–Crippen LogP) is 2.84. The van der Waals surface area contributed by atoms with Gasteiger partial charge in [0.25, 0.3) is 0 Å². The molecule has 2 aliphatic rings. The standard InChI is InChI=1S/C15H30N2S/c1-5-16-14-13(6-7-15(14,3)4)11-17-8-9-18-12(2)10-17/h12-14,16H,5-11H2,1-4H3. The molecule has 1 aliphatic carbocycles. The first-order valence-corrected chi connectivity index (χ1v) is 8.65. The second-order valence-electron chi connectivity index (χ2n) is 6.76. The van der Waals surface area contributed by atoms with Crippen molar-refractivity contribution < 1.29 is 0 Å². The van der Waals surface area contributed by atoms with Crippen molar-refractivity contribution in [2.75, 3.05) is 31.9 Å². The third kappa shape index (κ3) is 3.43. The normalized spacial score (nSPS) is 37.0. The largest absolute Gasteiger partial charge is 0.313 e. The van der Waals surface area contributed by atoms with Crippen LogP contribution in [0.15, 0.2) is 0 Å². The molecule has 2 fully saturated rings. The van der Waals surface area contributed by atoms with Gasteiger partial charge in [-0.2, -0.15) is 11.8 Å². The van der Waals surface area contributed by atoms with Crippen molar-refractivity contribution in [2.45, 2.75) is 51.8 Å². The summed E-state index contributed by atoms with van der Waals surface area (Å²) in [5, 5.41) is 4.58. The van der Waals surface area contributed by atoms with E-state index in [-0.39, 0.29) is 0 Å². The van der Waals surface area contributed by atoms with E-state index in [1.54, 1.807) is 0 Å². The van der Waals surface area contributed by atoms with Gasteiger partial charge in [-0.3, -0.25) is 0 Å². The van der Waals surface area contributed by atoms with E-state index in [1.807, 2.05) is 0 Å². The fourth-order valence-electron chi connectivity index (χ4n) is 3.77. The van der Waals surface area contributed by atoms with Crippen LogP contribution in [0.4, 0.5) is 0 Å². The molecule has 0 radical (unpaired) electrons. The highest BCUT2D eigenvalue weighted by Gasteiger charge is 2.41. The lowest BCUT2D eigenvalue weighted by Crippen LogP contribution is -2.47. The van der Waals surface area contributed by atoms with E-state index in [0.717, 1.165) is 17.7 Å². The summed E-state index contributed by atoms with van der Waals surface area (Å²) in [5.41, 5.74) is 0.483. The molecule has 1 saturated heterocycles. The lowest BCUT2D eigenvalue weighted by atomic mass is 9.84. The zero-order chi connectivity index (χ0) is 13.2. The minimum Gasteiger partial charge on any atom is -0.313 e. The van der Waals surface area contributed by atoms with E-state index in [2.05, 4.69) is 49.7 Å². The minimum absolute atomic E-state index is 0.483. The molecule has 1 aliphatic heterocycles. The van der Waals surface area contributed by atoms with E-state index >= 15 is 0 Å². The summed E-state index contributed by atoms with van der Waals surface area (Å²) >= 11 is 2.13. The number of hydrogen-bond donors (Lipinski definition) is 1. The van der Waals surface area contributed by atoms with Crippen LogP contribution < -0.4 is 5.32 Å². The Hall–Kier alpha value is 0.270. The Morgan fingerprint density at radius 1 is 1.39 bits per heavy atom. The van der Waals surface area contributed by atoms with Crippen LogP contribution in [0.2, 0.25) is 0 Å². The maximum absolute atomic E-state index is 3.75. The van der Waals surface area contributed by atoms with Crippen LogP contribution in [0.1, 0.15) is 40.5 Å². The molecule has 1 saturated carbocycles. The molecular weight excluding hydrogens is 240 g/mol. The third-order valence-corrected chi connectivity index (χ3v) is 5.85. The maximum Gasteiger partial charge on any atom is 0.0159 e. The fraction of sp³-hybridized carbons (Fsp3) is 1.00. The van der Waals surface area contributed by atoms with Crippen LogP contribution in [0, 0.1) is 11.3 Å². The monoisotopic (exact) mass is 270 g/mol. The second-order valence-corrected chi connectivity index (χ2v) is 8.31. The molecular formula is C15H30N2S. The summed E-state index contributed by atoms with van der Waals surface area (Å²) in [7, 11) is 0. The SMILES string of the molecule is CCNC1C(CN2CCSC(C)C2)CCC1(C)C. The smallest absolute Gasteiger partial charge is 0.0159 e. The van der Waals surface area contributed by atoms with E-state index in [9.17, 15) is 0 Å². The highest BCUT2D eigenvalue weighted by molar-refractivity contribution is 7.99. The van der Waals surface area contributed by atoms with Gasteiger partial charge in [0.2, 0.25) is 0 Å². The van der Waals surface area contributed by atoms with Crippen LogP contribution >= 0.6 is 11.8 Å². The van der Waals surface area contributed by atoms with Crippen molar-refractivity contribution in [3.05, 3.63) is 0 Å². The highest BCUT2D eigenvalue weighted by atomic mass is 32.2. The minimum atomic E-state index is 0.483. The molecule has 1 N–H and O–H groups in total. The highest BCUT2D eigenvalue weighted by Crippen LogP contribution is 2.41. The second kappa shape index (κ2) is 6.15. The molecule has 0 aromatic carbocycles. The molecule has 0 spiro atoms. The molecule has 3 unspecified atom stereocenters. The zero-order valence-corrected chi connectivity index (χ0v) is 13.4. The summed E-state index contributed by atoms with van der Waals surface area (Å²) < 4.78 is 0. The summed E-state index contributed by atoms with van der Waals surface area (Å²) in [5.74, 6) is 2.18. The van der Waals surface area contributed by atoms with Gasteiger partial charge in [0, 0.05) is 36.7 Å². The third-order valence-electron chi connectivity index (χ3n) is 4.71. The summed E-state index contributed by atoms with van der Waals surface area (Å²) in [6.45, 7) is 14.5. The van der Waals surface area contributed by atoms with Crippen molar-refractivity contribution in [1.82, 2.24) is 10.2 Å². The summed E-state index contributed by atoms with van der Waals surface area (Å²) in [6, 6.07) is 0.715. The first kappa shape index (κ1) is 14.7. The Morgan fingerprint density at radius 2 is 2.17 bits per heavy atom. The first-order valence-electron chi connectivity index (χ1n) is 7.60. The molecule has 18 heavy (non-hydrogen) atoms. The van der Waals surface area contributed by atoms with Gasteiger partial charge in [-0.15, -0.1) is 0 Å². The van der Waals surface area contributed by atoms with Gasteiger partial charge >= 0.3 is 0 Å². The van der Waals surface area contributed by atoms with Crippen LogP contribution in [-0.4, -0.2) is 48.1 Å². The molecule has 0 bridgehead atoms. The fourth-order valence-corrected chi connectivity index (χ4v) is 4.85. The number of nitrogens with one attached hydrogen (secondary N) is 1. The van der Waals surface area contributed by atoms with Crippen LogP contribution in [0.5, 0.6) is 0 Å². The predicted molar refractivity (Wildman–Crippen MR) is 82.3 cm³/mol. The lowest BCUT2D eigenvalue weighted by Gasteiger charge is -2.36. The van der Waals surface area contributed by atoms with Crippen molar-refractivity contribution in [3.8, 4) is 0 Å². The quantitative estimate of drug-likeness (QED) is 0.846. The average molecular weight is 270 g/mol. The number of hydrogen-bond acceptors (Lipinski definition) is 3. The van der Waals surface area contributed by atoms with Crippen LogP contribution in [0.25, 0.3) is 0 Å². The van der Waals surface area contributed by atoms with Crippen molar-refractivity contribution >= 4 is 11.8 Å². The molecule has 2 nitrogen and oxygen atoms in total. The van der Waals surface area contributed by atoms with Crippen molar-refractivity contribution in [1.29, 1.82) is 0 Å². The van der Waals surface area contributed by atoms with E-state index < -0.39 is 0 Å².